The first-order valence-corrected chi connectivity index (χ1v) is 13.3. The second-order valence-corrected chi connectivity index (χ2v) is 10.8. The molecule has 13 heteroatoms. The molecule has 42 heavy (non-hydrogen) atoms. The highest BCUT2D eigenvalue weighted by atomic mass is 35.5. The summed E-state index contributed by atoms with van der Waals surface area (Å²) >= 11 is 5.90. The van der Waals surface area contributed by atoms with Crippen molar-refractivity contribution in [2.24, 2.45) is 5.73 Å². The van der Waals surface area contributed by atoms with E-state index in [1.807, 2.05) is 0 Å². The predicted molar refractivity (Wildman–Crippen MR) is 148 cm³/mol. The molecule has 4 rings (SSSR count). The number of hydrogen-bond acceptors (Lipinski definition) is 6. The average molecular weight is 609 g/mol. The van der Waals surface area contributed by atoms with Crippen LogP contribution in [-0.2, 0) is 10.3 Å². The Labute approximate surface area is 244 Å². The summed E-state index contributed by atoms with van der Waals surface area (Å²) in [6, 6.07) is 10.5. The molecule has 2 aromatic carbocycles. The lowest BCUT2D eigenvalue weighted by atomic mass is 9.91. The van der Waals surface area contributed by atoms with Gasteiger partial charge in [0.2, 0.25) is 0 Å². The molecule has 1 fully saturated rings. The van der Waals surface area contributed by atoms with Crippen LogP contribution in [0.1, 0.15) is 47.8 Å². The van der Waals surface area contributed by atoms with Gasteiger partial charge in [0.05, 0.1) is 23.5 Å². The summed E-state index contributed by atoms with van der Waals surface area (Å²) in [6.07, 6.45) is -5.06. The first-order chi connectivity index (χ1) is 19.7. The number of aromatic nitrogens is 1. The van der Waals surface area contributed by atoms with Gasteiger partial charge in [-0.3, -0.25) is 14.6 Å². The van der Waals surface area contributed by atoms with Gasteiger partial charge in [0.25, 0.3) is 11.8 Å². The van der Waals surface area contributed by atoms with Crippen LogP contribution >= 0.6 is 11.6 Å². The van der Waals surface area contributed by atoms with E-state index in [0.717, 1.165) is 6.07 Å². The van der Waals surface area contributed by atoms with Crippen LogP contribution in [0.15, 0.2) is 48.5 Å². The molecule has 224 valence electrons. The predicted octanol–water partition coefficient (Wildman–Crippen LogP) is 5.09. The van der Waals surface area contributed by atoms with Gasteiger partial charge < -0.3 is 25.8 Å². The van der Waals surface area contributed by atoms with Crippen molar-refractivity contribution in [3.05, 3.63) is 76.2 Å². The van der Waals surface area contributed by atoms with Crippen LogP contribution in [0.25, 0.3) is 11.3 Å². The van der Waals surface area contributed by atoms with Gasteiger partial charge in [0.15, 0.2) is 17.6 Å². The van der Waals surface area contributed by atoms with Crippen molar-refractivity contribution in [3.63, 3.8) is 0 Å². The number of amides is 2. The molecule has 1 saturated heterocycles. The van der Waals surface area contributed by atoms with E-state index in [1.165, 1.54) is 49.6 Å². The highest BCUT2D eigenvalue weighted by Gasteiger charge is 2.42. The Balaban J connectivity index is 1.61. The number of carbonyl (C=O) groups excluding carboxylic acids is 2. The number of ether oxygens (including phenoxy) is 2. The first kappa shape index (κ1) is 31.0. The Bertz CT molecular complexity index is 1490. The fourth-order valence-electron chi connectivity index (χ4n) is 4.33. The maximum Gasteiger partial charge on any atom is 0.398 e. The van der Waals surface area contributed by atoms with Crippen molar-refractivity contribution in [2.45, 2.75) is 44.0 Å². The quantitative estimate of drug-likeness (QED) is 0.292. The summed E-state index contributed by atoms with van der Waals surface area (Å²) in [7, 11) is 1.34. The number of nitrogens with one attached hydrogen (secondary N) is 2. The van der Waals surface area contributed by atoms with Crippen molar-refractivity contribution < 1.29 is 36.6 Å². The van der Waals surface area contributed by atoms with E-state index in [1.54, 1.807) is 13.8 Å². The average Bonchev–Trinajstić information content (AvgIpc) is 3.33. The smallest absolute Gasteiger partial charge is 0.398 e. The highest BCUT2D eigenvalue weighted by Crippen LogP contribution is 2.37. The number of halogens is 5. The molecule has 2 amide bonds. The minimum Gasteiger partial charge on any atom is -0.493 e. The van der Waals surface area contributed by atoms with E-state index >= 15 is 0 Å². The van der Waals surface area contributed by atoms with Crippen LogP contribution in [-0.4, -0.2) is 49.3 Å². The number of hydrogen-bond donors (Lipinski definition) is 3. The first-order valence-electron chi connectivity index (χ1n) is 12.9. The van der Waals surface area contributed by atoms with Gasteiger partial charge in [-0.2, -0.15) is 13.2 Å². The summed E-state index contributed by atoms with van der Waals surface area (Å²) in [6.45, 7) is 2.87. The monoisotopic (exact) mass is 608 g/mol. The van der Waals surface area contributed by atoms with E-state index in [9.17, 15) is 27.2 Å². The molecule has 0 bridgehead atoms. The van der Waals surface area contributed by atoms with Crippen LogP contribution in [0, 0.1) is 5.82 Å². The van der Waals surface area contributed by atoms with E-state index in [2.05, 4.69) is 15.6 Å². The number of rotatable bonds is 9. The van der Waals surface area contributed by atoms with Gasteiger partial charge in [-0.05, 0) is 67.9 Å². The summed E-state index contributed by atoms with van der Waals surface area (Å²) in [4.78, 5) is 29.0. The molecule has 2 atom stereocenters. The molecule has 1 aliphatic rings. The highest BCUT2D eigenvalue weighted by molar-refractivity contribution is 6.31. The minimum absolute atomic E-state index is 0.0162. The van der Waals surface area contributed by atoms with Gasteiger partial charge >= 0.3 is 6.18 Å². The van der Waals surface area contributed by atoms with E-state index in [4.69, 9.17) is 26.8 Å². The van der Waals surface area contributed by atoms with Crippen molar-refractivity contribution in [1.29, 1.82) is 0 Å². The topological polar surface area (TPSA) is 116 Å². The number of methoxy groups -OCH3 is 1. The minimum atomic E-state index is -4.80. The van der Waals surface area contributed by atoms with Crippen LogP contribution in [0.2, 0.25) is 5.02 Å². The zero-order chi connectivity index (χ0) is 30.8. The summed E-state index contributed by atoms with van der Waals surface area (Å²) < 4.78 is 67.8. The van der Waals surface area contributed by atoms with Crippen LogP contribution in [0.4, 0.5) is 17.6 Å². The number of benzene rings is 2. The van der Waals surface area contributed by atoms with Gasteiger partial charge in [0.1, 0.15) is 11.7 Å². The molecule has 0 radical (unpaired) electrons. The third-order valence-corrected chi connectivity index (χ3v) is 7.01. The Kier molecular flexibility index (Phi) is 8.98. The maximum atomic E-state index is 14.4. The lowest BCUT2D eigenvalue weighted by molar-refractivity contribution is -0.149. The van der Waals surface area contributed by atoms with Crippen molar-refractivity contribution >= 4 is 23.4 Å². The van der Waals surface area contributed by atoms with E-state index < -0.39 is 42.0 Å². The SMILES string of the molecule is COc1cc(C(=O)NCC(c2cc(C(C)(C)N)cc(-c3ccc(F)c(Cl)c3)n2)C(F)(F)F)ccc1O[C@@H]1CCNC1=O. The van der Waals surface area contributed by atoms with Gasteiger partial charge in [-0.1, -0.05) is 11.6 Å². The Morgan fingerprint density at radius 2 is 1.90 bits per heavy atom. The molecule has 4 N–H and O–H groups in total. The van der Waals surface area contributed by atoms with Gasteiger partial charge in [0, 0.05) is 36.2 Å². The number of alkyl halides is 3. The molecule has 1 aliphatic heterocycles. The number of nitrogens with two attached hydrogens (primary N) is 1. The lowest BCUT2D eigenvalue weighted by Crippen LogP contribution is -2.36. The Hall–Kier alpha value is -3.90. The fraction of sp³-hybridized carbons (Fsp3) is 0.345. The molecular weight excluding hydrogens is 580 g/mol. The second-order valence-electron chi connectivity index (χ2n) is 10.4. The molecular formula is C29H29ClF4N4O4. The van der Waals surface area contributed by atoms with Crippen molar-refractivity contribution in [2.75, 3.05) is 20.2 Å². The Morgan fingerprint density at radius 3 is 2.50 bits per heavy atom. The Morgan fingerprint density at radius 1 is 1.17 bits per heavy atom. The zero-order valence-corrected chi connectivity index (χ0v) is 23.7. The number of carbonyl (C=O) groups is 2. The number of pyridine rings is 1. The molecule has 2 heterocycles. The standard InChI is InChI=1S/C29H29ClF4N4O4/c1-28(2,35)17-12-21(15-4-6-20(31)19(30)10-15)38-22(13-17)18(29(32,33)34)14-37-26(39)16-5-7-23(25(11-16)41-3)42-24-8-9-36-27(24)40/h4-7,10-13,18,24H,8-9,14,35H2,1-3H3,(H,36,40)(H,37,39)/t18?,24-/m1/s1. The van der Waals surface area contributed by atoms with Crippen molar-refractivity contribution in [3.8, 4) is 22.8 Å². The van der Waals surface area contributed by atoms with Crippen LogP contribution in [0.5, 0.6) is 11.5 Å². The zero-order valence-electron chi connectivity index (χ0n) is 22.9. The summed E-state index contributed by atoms with van der Waals surface area (Å²) in [5, 5.41) is 4.76. The largest absolute Gasteiger partial charge is 0.493 e. The summed E-state index contributed by atoms with van der Waals surface area (Å²) in [5.41, 5.74) is 5.56. The third-order valence-electron chi connectivity index (χ3n) is 6.72. The summed E-state index contributed by atoms with van der Waals surface area (Å²) in [5.74, 6) is -3.62. The second kappa shape index (κ2) is 12.1. The van der Waals surface area contributed by atoms with Crippen LogP contribution in [0.3, 0.4) is 0 Å². The van der Waals surface area contributed by atoms with Crippen LogP contribution < -0.4 is 25.8 Å². The van der Waals surface area contributed by atoms with E-state index in [-0.39, 0.29) is 39.4 Å². The molecule has 0 saturated carbocycles. The maximum absolute atomic E-state index is 14.4. The molecule has 0 spiro atoms. The van der Waals surface area contributed by atoms with Crippen molar-refractivity contribution in [1.82, 2.24) is 15.6 Å². The molecule has 3 aromatic rings. The molecule has 1 unspecified atom stereocenters. The molecule has 1 aromatic heterocycles. The lowest BCUT2D eigenvalue weighted by Gasteiger charge is -2.25. The molecule has 8 nitrogen and oxygen atoms in total. The molecule has 0 aliphatic carbocycles. The number of nitrogens with zero attached hydrogens (tertiary/aromatic N) is 1. The third kappa shape index (κ3) is 7.11. The normalized spacial score (nSPS) is 16.1. The van der Waals surface area contributed by atoms with Gasteiger partial charge in [-0.25, -0.2) is 4.39 Å². The van der Waals surface area contributed by atoms with E-state index in [0.29, 0.717) is 24.1 Å². The van der Waals surface area contributed by atoms with Gasteiger partial charge in [-0.15, -0.1) is 0 Å². The fourth-order valence-corrected chi connectivity index (χ4v) is 4.51.